The van der Waals surface area contributed by atoms with Gasteiger partial charge in [0.1, 0.15) is 17.7 Å². The van der Waals surface area contributed by atoms with E-state index in [4.69, 9.17) is 10.5 Å². The van der Waals surface area contributed by atoms with E-state index in [1.165, 1.54) is 4.90 Å². The van der Waals surface area contributed by atoms with E-state index < -0.39 is 35.6 Å². The van der Waals surface area contributed by atoms with Gasteiger partial charge in [-0.15, -0.1) is 0 Å². The van der Waals surface area contributed by atoms with Crippen LogP contribution in [0.5, 0.6) is 0 Å². The molecule has 9 heteroatoms. The van der Waals surface area contributed by atoms with Crippen LogP contribution < -0.4 is 16.4 Å². The minimum Gasteiger partial charge on any atom is -0.444 e. The molecule has 0 bridgehead atoms. The molecule has 0 aliphatic rings. The molecule has 0 aliphatic carbocycles. The molecule has 0 saturated heterocycles. The minimum absolute atomic E-state index is 0.0317. The van der Waals surface area contributed by atoms with Gasteiger partial charge in [-0.05, 0) is 57.7 Å². The molecule has 2 rings (SSSR count). The second-order valence-electron chi connectivity index (χ2n) is 9.79. The van der Waals surface area contributed by atoms with E-state index >= 15 is 0 Å². The number of amides is 4. The first-order valence-corrected chi connectivity index (χ1v) is 12.4. The number of rotatable bonds is 11. The summed E-state index contributed by atoms with van der Waals surface area (Å²) in [6.45, 7) is 9.21. The van der Waals surface area contributed by atoms with Crippen molar-refractivity contribution in [3.05, 3.63) is 71.3 Å². The lowest BCUT2D eigenvalue weighted by atomic mass is 9.97. The van der Waals surface area contributed by atoms with Gasteiger partial charge in [0, 0.05) is 19.5 Å². The zero-order valence-corrected chi connectivity index (χ0v) is 22.2. The van der Waals surface area contributed by atoms with Crippen molar-refractivity contribution in [3.63, 3.8) is 0 Å². The highest BCUT2D eigenvalue weighted by molar-refractivity contribution is 5.92. The number of benzene rings is 2. The molecule has 0 heterocycles. The van der Waals surface area contributed by atoms with Crippen LogP contribution in [0, 0.1) is 6.92 Å². The Labute approximate surface area is 218 Å². The van der Waals surface area contributed by atoms with E-state index in [2.05, 4.69) is 10.6 Å². The number of carbonyl (C=O) groups is 4. The number of primary amides is 1. The van der Waals surface area contributed by atoms with Crippen molar-refractivity contribution in [2.75, 3.05) is 6.54 Å². The average molecular weight is 511 g/mol. The summed E-state index contributed by atoms with van der Waals surface area (Å²) in [6, 6.07) is 14.7. The number of carbonyl (C=O) groups excluding carboxylic acids is 4. The Morgan fingerprint density at radius 2 is 1.62 bits per heavy atom. The maximum atomic E-state index is 13.8. The second kappa shape index (κ2) is 13.4. The number of nitrogens with zero attached hydrogens (tertiary/aromatic N) is 1. The fourth-order valence-corrected chi connectivity index (χ4v) is 3.89. The van der Waals surface area contributed by atoms with Crippen molar-refractivity contribution < 1.29 is 23.9 Å². The molecule has 0 radical (unpaired) electrons. The predicted molar refractivity (Wildman–Crippen MR) is 141 cm³/mol. The van der Waals surface area contributed by atoms with Crippen LogP contribution in [0.3, 0.4) is 0 Å². The Morgan fingerprint density at radius 3 is 2.19 bits per heavy atom. The maximum absolute atomic E-state index is 13.8. The third kappa shape index (κ3) is 9.25. The number of hydrogen-bond donors (Lipinski definition) is 3. The van der Waals surface area contributed by atoms with Crippen molar-refractivity contribution in [1.29, 1.82) is 0 Å². The number of likely N-dealkylation sites (N-methyl/N-ethyl adjacent to an activating group) is 1. The second-order valence-corrected chi connectivity index (χ2v) is 9.79. The Morgan fingerprint density at radius 1 is 1.00 bits per heavy atom. The third-order valence-electron chi connectivity index (χ3n) is 5.64. The molecule has 0 spiro atoms. The summed E-state index contributed by atoms with van der Waals surface area (Å²) in [7, 11) is 0. The Bertz CT molecular complexity index is 1080. The summed E-state index contributed by atoms with van der Waals surface area (Å²) in [5.74, 6) is -1.49. The van der Waals surface area contributed by atoms with Gasteiger partial charge in [-0.2, -0.15) is 0 Å². The monoisotopic (exact) mass is 510 g/mol. The summed E-state index contributed by atoms with van der Waals surface area (Å²) >= 11 is 0. The molecular formula is C28H38N4O5. The lowest BCUT2D eigenvalue weighted by Crippen LogP contribution is -2.53. The molecule has 2 aromatic carbocycles. The number of alkyl carbamates (subject to hydrolysis) is 1. The molecule has 0 aliphatic heterocycles. The van der Waals surface area contributed by atoms with Gasteiger partial charge >= 0.3 is 6.09 Å². The van der Waals surface area contributed by atoms with E-state index in [1.54, 1.807) is 33.8 Å². The minimum atomic E-state index is -1.12. The molecule has 0 aromatic heterocycles. The molecule has 0 fully saturated rings. The zero-order chi connectivity index (χ0) is 27.6. The van der Waals surface area contributed by atoms with Gasteiger partial charge in [0.15, 0.2) is 0 Å². The molecule has 2 unspecified atom stereocenters. The summed E-state index contributed by atoms with van der Waals surface area (Å²) in [4.78, 5) is 52.8. The SMILES string of the molecule is CCN(C(=O)C(CCC(N)=O)NC(=O)OC(C)(C)C)C(C(=O)NCc1ccccc1)c1ccccc1C. The first kappa shape index (κ1) is 29.4. The largest absolute Gasteiger partial charge is 0.444 e. The van der Waals surface area contributed by atoms with Gasteiger partial charge in [-0.1, -0.05) is 54.6 Å². The molecule has 2 atom stereocenters. The fourth-order valence-electron chi connectivity index (χ4n) is 3.89. The van der Waals surface area contributed by atoms with Crippen LogP contribution in [0.25, 0.3) is 0 Å². The molecular weight excluding hydrogens is 472 g/mol. The summed E-state index contributed by atoms with van der Waals surface area (Å²) < 4.78 is 5.32. The number of nitrogens with one attached hydrogen (secondary N) is 2. The van der Waals surface area contributed by atoms with Crippen molar-refractivity contribution >= 4 is 23.8 Å². The van der Waals surface area contributed by atoms with E-state index in [0.29, 0.717) is 5.56 Å². The molecule has 200 valence electrons. The van der Waals surface area contributed by atoms with Crippen LogP contribution in [-0.4, -0.2) is 46.9 Å². The van der Waals surface area contributed by atoms with Crippen LogP contribution in [0.15, 0.2) is 54.6 Å². The van der Waals surface area contributed by atoms with E-state index in [1.807, 2.05) is 55.5 Å². The highest BCUT2D eigenvalue weighted by Gasteiger charge is 2.36. The van der Waals surface area contributed by atoms with Crippen LogP contribution in [0.2, 0.25) is 0 Å². The van der Waals surface area contributed by atoms with Crippen LogP contribution >= 0.6 is 0 Å². The maximum Gasteiger partial charge on any atom is 0.408 e. The van der Waals surface area contributed by atoms with Gasteiger partial charge in [0.25, 0.3) is 0 Å². The van der Waals surface area contributed by atoms with E-state index in [-0.39, 0.29) is 31.8 Å². The fraction of sp³-hybridized carbons (Fsp3) is 0.429. The highest BCUT2D eigenvalue weighted by atomic mass is 16.6. The number of hydrogen-bond acceptors (Lipinski definition) is 5. The molecule has 2 aromatic rings. The van der Waals surface area contributed by atoms with Gasteiger partial charge in [0.05, 0.1) is 0 Å². The van der Waals surface area contributed by atoms with Gasteiger partial charge in [0.2, 0.25) is 17.7 Å². The van der Waals surface area contributed by atoms with Gasteiger partial charge in [-0.25, -0.2) is 4.79 Å². The van der Waals surface area contributed by atoms with E-state index in [9.17, 15) is 19.2 Å². The Balaban J connectivity index is 2.39. The van der Waals surface area contributed by atoms with Gasteiger partial charge in [-0.3, -0.25) is 14.4 Å². The first-order chi connectivity index (χ1) is 17.4. The van der Waals surface area contributed by atoms with Crippen molar-refractivity contribution in [2.45, 2.75) is 71.7 Å². The lowest BCUT2D eigenvalue weighted by Gasteiger charge is -2.34. The smallest absolute Gasteiger partial charge is 0.408 e. The number of aryl methyl sites for hydroxylation is 1. The highest BCUT2D eigenvalue weighted by Crippen LogP contribution is 2.26. The molecule has 4 amide bonds. The lowest BCUT2D eigenvalue weighted by molar-refractivity contribution is -0.142. The van der Waals surface area contributed by atoms with Crippen molar-refractivity contribution in [1.82, 2.24) is 15.5 Å². The molecule has 4 N–H and O–H groups in total. The average Bonchev–Trinajstić information content (AvgIpc) is 2.83. The van der Waals surface area contributed by atoms with Gasteiger partial charge < -0.3 is 26.0 Å². The standard InChI is InChI=1S/C28H38N4O5/c1-6-32(26(35)22(16-17-23(29)33)31-27(36)37-28(3,4)5)24(21-15-11-10-12-19(21)2)25(34)30-18-20-13-8-7-9-14-20/h7-15,22,24H,6,16-18H2,1-5H3,(H2,29,33)(H,30,34)(H,31,36). The molecule has 9 nitrogen and oxygen atoms in total. The Kier molecular flexibility index (Phi) is 10.7. The topological polar surface area (TPSA) is 131 Å². The first-order valence-electron chi connectivity index (χ1n) is 12.4. The number of nitrogens with two attached hydrogens (primary N) is 1. The van der Waals surface area contributed by atoms with Crippen LogP contribution in [0.1, 0.15) is 63.3 Å². The molecule has 37 heavy (non-hydrogen) atoms. The quantitative estimate of drug-likeness (QED) is 0.427. The Hall–Kier alpha value is -3.88. The summed E-state index contributed by atoms with van der Waals surface area (Å²) in [6.07, 6.45) is -0.956. The van der Waals surface area contributed by atoms with E-state index in [0.717, 1.165) is 11.1 Å². The third-order valence-corrected chi connectivity index (χ3v) is 5.64. The van der Waals surface area contributed by atoms with Crippen LogP contribution in [-0.2, 0) is 25.7 Å². The predicted octanol–water partition coefficient (Wildman–Crippen LogP) is 3.36. The van der Waals surface area contributed by atoms with Crippen molar-refractivity contribution in [3.8, 4) is 0 Å². The summed E-state index contributed by atoms with van der Waals surface area (Å²) in [5.41, 5.74) is 6.95. The van der Waals surface area contributed by atoms with Crippen molar-refractivity contribution in [2.24, 2.45) is 5.73 Å². The zero-order valence-electron chi connectivity index (χ0n) is 22.2. The van der Waals surface area contributed by atoms with Crippen LogP contribution in [0.4, 0.5) is 4.79 Å². The summed E-state index contributed by atoms with van der Waals surface area (Å²) in [5, 5.41) is 5.51. The molecule has 0 saturated carbocycles. The normalized spacial score (nSPS) is 12.7. The number of ether oxygens (including phenoxy) is 1.